The summed E-state index contributed by atoms with van der Waals surface area (Å²) in [4.78, 5) is 5.16. The zero-order valence-electron chi connectivity index (χ0n) is 19.2. The fourth-order valence-electron chi connectivity index (χ4n) is 5.00. The molecule has 4 aromatic rings. The van der Waals surface area contributed by atoms with Crippen LogP contribution in [0.25, 0.3) is 22.2 Å². The first-order valence-corrected chi connectivity index (χ1v) is 13.3. The summed E-state index contributed by atoms with van der Waals surface area (Å²) in [7, 11) is -0.700. The molecule has 3 heterocycles. The third-order valence-corrected chi connectivity index (χ3v) is 8.29. The van der Waals surface area contributed by atoms with Gasteiger partial charge in [0, 0.05) is 44.9 Å². The van der Waals surface area contributed by atoms with Gasteiger partial charge in [-0.25, -0.2) is 4.98 Å². The predicted octanol–water partition coefficient (Wildman–Crippen LogP) is 6.39. The number of imidazole rings is 1. The van der Waals surface area contributed by atoms with Gasteiger partial charge < -0.3 is 9.09 Å². The second-order valence-corrected chi connectivity index (χ2v) is 11.2. The summed E-state index contributed by atoms with van der Waals surface area (Å²) in [6.45, 7) is 6.15. The highest BCUT2D eigenvalue weighted by Gasteiger charge is 2.26. The van der Waals surface area contributed by atoms with Gasteiger partial charge in [0.2, 0.25) is 0 Å². The lowest BCUT2D eigenvalue weighted by molar-refractivity contribution is 0.393. The SMILES string of the molecule is Cc1noc(C)c1-c1ccc2c(c1)nc(C(C)Cc1ccc(Cl)cc1)n2C1CCS(=O)CC1. The van der Waals surface area contributed by atoms with E-state index < -0.39 is 10.8 Å². The second kappa shape index (κ2) is 9.07. The number of aromatic nitrogens is 3. The molecule has 1 aliphatic heterocycles. The average molecular weight is 482 g/mol. The van der Waals surface area contributed by atoms with Crippen molar-refractivity contribution in [3.63, 3.8) is 0 Å². The van der Waals surface area contributed by atoms with E-state index in [2.05, 4.69) is 47.0 Å². The van der Waals surface area contributed by atoms with Crippen molar-refractivity contribution in [1.29, 1.82) is 0 Å². The van der Waals surface area contributed by atoms with Crippen molar-refractivity contribution in [1.82, 2.24) is 14.7 Å². The number of rotatable bonds is 5. The zero-order valence-corrected chi connectivity index (χ0v) is 20.7. The molecule has 0 spiro atoms. The molecule has 172 valence electrons. The van der Waals surface area contributed by atoms with Gasteiger partial charge in [-0.2, -0.15) is 0 Å². The highest BCUT2D eigenvalue weighted by Crippen LogP contribution is 2.36. The Bertz CT molecular complexity index is 1300. The van der Waals surface area contributed by atoms with E-state index >= 15 is 0 Å². The van der Waals surface area contributed by atoms with Crippen molar-refractivity contribution in [2.75, 3.05) is 11.5 Å². The Balaban J connectivity index is 1.58. The van der Waals surface area contributed by atoms with E-state index in [-0.39, 0.29) is 5.92 Å². The van der Waals surface area contributed by atoms with E-state index in [4.69, 9.17) is 21.1 Å². The van der Waals surface area contributed by atoms with Crippen LogP contribution in [-0.4, -0.2) is 30.4 Å². The van der Waals surface area contributed by atoms with Crippen LogP contribution in [0.4, 0.5) is 0 Å². The van der Waals surface area contributed by atoms with Crippen LogP contribution in [0.15, 0.2) is 47.0 Å². The van der Waals surface area contributed by atoms with Crippen molar-refractivity contribution in [2.45, 2.75) is 52.0 Å². The molecule has 0 bridgehead atoms. The lowest BCUT2D eigenvalue weighted by Crippen LogP contribution is -2.24. The molecule has 1 unspecified atom stereocenters. The van der Waals surface area contributed by atoms with Crippen LogP contribution >= 0.6 is 11.6 Å². The second-order valence-electron chi connectivity index (χ2n) is 9.05. The lowest BCUT2D eigenvalue weighted by Gasteiger charge is -2.27. The minimum atomic E-state index is -0.700. The number of hydrogen-bond acceptors (Lipinski definition) is 4. The summed E-state index contributed by atoms with van der Waals surface area (Å²) in [5.74, 6) is 3.65. The topological polar surface area (TPSA) is 60.9 Å². The first kappa shape index (κ1) is 22.4. The molecule has 0 N–H and O–H groups in total. The summed E-state index contributed by atoms with van der Waals surface area (Å²) >= 11 is 6.08. The predicted molar refractivity (Wildman–Crippen MR) is 134 cm³/mol. The van der Waals surface area contributed by atoms with E-state index in [0.717, 1.165) is 75.2 Å². The van der Waals surface area contributed by atoms with Crippen LogP contribution in [0, 0.1) is 13.8 Å². The van der Waals surface area contributed by atoms with Crippen molar-refractivity contribution in [3.05, 3.63) is 70.3 Å². The Hall–Kier alpha value is -2.44. The van der Waals surface area contributed by atoms with Gasteiger partial charge in [-0.05, 0) is 68.5 Å². The number of hydrogen-bond donors (Lipinski definition) is 0. The van der Waals surface area contributed by atoms with Crippen LogP contribution in [0.1, 0.15) is 54.6 Å². The molecule has 1 fully saturated rings. The van der Waals surface area contributed by atoms with Crippen molar-refractivity contribution < 1.29 is 8.73 Å². The average Bonchev–Trinajstić information content (AvgIpc) is 3.35. The van der Waals surface area contributed by atoms with Crippen molar-refractivity contribution in [2.24, 2.45) is 0 Å². The summed E-state index contributed by atoms with van der Waals surface area (Å²) in [6.07, 6.45) is 2.73. The van der Waals surface area contributed by atoms with Crippen LogP contribution in [0.5, 0.6) is 0 Å². The standard InChI is InChI=1S/C26H28ClN3O2S/c1-16(14-19-4-7-21(27)8-5-19)26-28-23-15-20(25-17(2)29-32-18(25)3)6-9-24(23)30(26)22-10-12-33(31)13-11-22/h4-9,15-16,22H,10-14H2,1-3H3. The summed E-state index contributed by atoms with van der Waals surface area (Å²) < 4.78 is 19.8. The van der Waals surface area contributed by atoms with E-state index in [1.807, 2.05) is 26.0 Å². The van der Waals surface area contributed by atoms with E-state index in [1.165, 1.54) is 5.56 Å². The third kappa shape index (κ3) is 4.38. The number of aryl methyl sites for hydroxylation is 2. The van der Waals surface area contributed by atoms with E-state index in [9.17, 15) is 4.21 Å². The van der Waals surface area contributed by atoms with Gasteiger partial charge >= 0.3 is 0 Å². The first-order chi connectivity index (χ1) is 15.9. The monoisotopic (exact) mass is 481 g/mol. The zero-order chi connectivity index (χ0) is 23.1. The van der Waals surface area contributed by atoms with Crippen LogP contribution in [0.3, 0.4) is 0 Å². The van der Waals surface area contributed by atoms with Gasteiger partial charge in [-0.3, -0.25) is 4.21 Å². The maximum absolute atomic E-state index is 12.0. The minimum absolute atomic E-state index is 0.230. The van der Waals surface area contributed by atoms with Gasteiger partial charge in [0.1, 0.15) is 11.6 Å². The fourth-order valence-corrected chi connectivity index (χ4v) is 6.40. The summed E-state index contributed by atoms with van der Waals surface area (Å²) in [5.41, 5.74) is 6.36. The Morgan fingerprint density at radius 3 is 2.55 bits per heavy atom. The molecule has 33 heavy (non-hydrogen) atoms. The number of halogens is 1. The third-order valence-electron chi connectivity index (χ3n) is 6.66. The van der Waals surface area contributed by atoms with Gasteiger partial charge in [0.25, 0.3) is 0 Å². The van der Waals surface area contributed by atoms with Gasteiger partial charge in [0.15, 0.2) is 0 Å². The number of nitrogens with zero attached hydrogens (tertiary/aromatic N) is 3. The normalized spacial score (nSPS) is 19.8. The number of benzene rings is 2. The fraction of sp³-hybridized carbons (Fsp3) is 0.385. The molecule has 1 aliphatic rings. The molecule has 7 heteroatoms. The number of fused-ring (bicyclic) bond motifs is 1. The Labute approximate surface area is 201 Å². The Kier molecular flexibility index (Phi) is 6.14. The summed E-state index contributed by atoms with van der Waals surface area (Å²) in [6, 6.07) is 14.8. The molecule has 0 saturated carbocycles. The molecule has 0 radical (unpaired) electrons. The van der Waals surface area contributed by atoms with E-state index in [0.29, 0.717) is 6.04 Å². The lowest BCUT2D eigenvalue weighted by atomic mass is 9.99. The van der Waals surface area contributed by atoms with Crippen molar-refractivity contribution in [3.8, 4) is 11.1 Å². The molecule has 2 aromatic carbocycles. The first-order valence-electron chi connectivity index (χ1n) is 11.4. The van der Waals surface area contributed by atoms with Gasteiger partial charge in [0.05, 0.1) is 16.7 Å². The summed E-state index contributed by atoms with van der Waals surface area (Å²) in [5, 5.41) is 4.87. The van der Waals surface area contributed by atoms with Crippen LogP contribution < -0.4 is 0 Å². The molecule has 5 rings (SSSR count). The molecule has 0 amide bonds. The molecule has 0 aliphatic carbocycles. The van der Waals surface area contributed by atoms with Crippen LogP contribution in [0.2, 0.25) is 5.02 Å². The molecular weight excluding hydrogens is 454 g/mol. The quantitative estimate of drug-likeness (QED) is 0.331. The molecule has 1 saturated heterocycles. The minimum Gasteiger partial charge on any atom is -0.361 e. The van der Waals surface area contributed by atoms with Gasteiger partial charge in [-0.15, -0.1) is 0 Å². The molecule has 1 atom stereocenters. The Morgan fingerprint density at radius 1 is 1.15 bits per heavy atom. The Morgan fingerprint density at radius 2 is 1.88 bits per heavy atom. The van der Waals surface area contributed by atoms with Gasteiger partial charge in [-0.1, -0.05) is 41.9 Å². The molecule has 2 aromatic heterocycles. The molecular formula is C26H28ClN3O2S. The highest BCUT2D eigenvalue weighted by molar-refractivity contribution is 7.85. The molecule has 5 nitrogen and oxygen atoms in total. The van der Waals surface area contributed by atoms with E-state index in [1.54, 1.807) is 0 Å². The van der Waals surface area contributed by atoms with Crippen molar-refractivity contribution >= 4 is 33.4 Å². The maximum atomic E-state index is 12.0. The smallest absolute Gasteiger partial charge is 0.141 e. The largest absolute Gasteiger partial charge is 0.361 e. The van der Waals surface area contributed by atoms with Crippen LogP contribution in [-0.2, 0) is 17.2 Å². The maximum Gasteiger partial charge on any atom is 0.141 e. The highest BCUT2D eigenvalue weighted by atomic mass is 35.5.